The summed E-state index contributed by atoms with van der Waals surface area (Å²) in [6.45, 7) is 0. The molecule has 10 nitrogen and oxygen atoms in total. The molecule has 0 aliphatic carbocycles. The Hall–Kier alpha value is -3.58. The van der Waals surface area contributed by atoms with Crippen LogP contribution in [0.2, 0.25) is 0 Å². The maximum atomic E-state index is 14.1. The summed E-state index contributed by atoms with van der Waals surface area (Å²) < 4.78 is 152. The summed E-state index contributed by atoms with van der Waals surface area (Å²) in [5.74, 6) is -0.513. The zero-order valence-corrected chi connectivity index (χ0v) is 18.9. The molecule has 0 saturated heterocycles. The highest BCUT2D eigenvalue weighted by molar-refractivity contribution is 7.48. The van der Waals surface area contributed by atoms with Crippen LogP contribution in [0.3, 0.4) is 0 Å². The second-order valence-corrected chi connectivity index (χ2v) is 8.13. The summed E-state index contributed by atoms with van der Waals surface area (Å²) in [5, 5.41) is -1.90. The molecule has 0 fully saturated rings. The van der Waals surface area contributed by atoms with Crippen LogP contribution in [0.1, 0.15) is 0 Å². The molecule has 0 atom stereocenters. The summed E-state index contributed by atoms with van der Waals surface area (Å²) in [7, 11) is -6.01. The fourth-order valence-electron chi connectivity index (χ4n) is 2.65. The first kappa shape index (κ1) is 29.0. The third kappa shape index (κ3) is 5.78. The van der Waals surface area contributed by atoms with E-state index in [2.05, 4.69) is 13.9 Å². The Bertz CT molecular complexity index is 1260. The Labute approximate surface area is 205 Å². The number of hydrazine groups is 3. The number of halogens is 9. The molecule has 0 aliphatic heterocycles. The monoisotopic (exact) mass is 578 g/mol. The van der Waals surface area contributed by atoms with Gasteiger partial charge in [-0.25, -0.2) is 61.6 Å². The Morgan fingerprint density at radius 3 is 0.921 bits per heavy atom. The highest BCUT2D eigenvalue weighted by Gasteiger charge is 2.40. The smallest absolute Gasteiger partial charge is 0.222 e. The molecule has 20 heteroatoms. The largest absolute Gasteiger partial charge is 0.543 e. The molecule has 0 aromatic heterocycles. The Balaban J connectivity index is 2.06. The molecule has 0 unspecified atom stereocenters. The summed E-state index contributed by atoms with van der Waals surface area (Å²) in [6.07, 6.45) is 0. The van der Waals surface area contributed by atoms with Gasteiger partial charge in [-0.1, -0.05) is 0 Å². The standard InChI is InChI=1S/C18H12F9N6O4P/c19-7-1-4-10(22)16(13(7)25)31(28)35-38(34,36-32(29)17-11(23)5-2-8(20)14(17)26)37-33(30)18-12(24)6-3-9(21)15(18)27/h1-6H,28-30H2. The van der Waals surface area contributed by atoms with E-state index in [0.717, 1.165) is 0 Å². The van der Waals surface area contributed by atoms with Gasteiger partial charge in [-0.05, 0) is 36.4 Å². The molecule has 0 spiro atoms. The van der Waals surface area contributed by atoms with E-state index in [9.17, 15) is 44.1 Å². The third-order valence-electron chi connectivity index (χ3n) is 4.28. The van der Waals surface area contributed by atoms with Crippen LogP contribution >= 0.6 is 7.82 Å². The summed E-state index contributed by atoms with van der Waals surface area (Å²) in [5.41, 5.74) is -4.84. The maximum absolute atomic E-state index is 14.1. The van der Waals surface area contributed by atoms with E-state index in [1.54, 1.807) is 0 Å². The number of rotatable bonds is 9. The van der Waals surface area contributed by atoms with Crippen LogP contribution in [0.15, 0.2) is 36.4 Å². The number of phosphoric acid groups is 1. The van der Waals surface area contributed by atoms with Gasteiger partial charge >= 0.3 is 7.82 Å². The van der Waals surface area contributed by atoms with Gasteiger partial charge in [-0.2, -0.15) is 15.5 Å². The van der Waals surface area contributed by atoms with Crippen molar-refractivity contribution in [3.05, 3.63) is 88.8 Å². The van der Waals surface area contributed by atoms with E-state index in [4.69, 9.17) is 17.5 Å². The zero-order valence-electron chi connectivity index (χ0n) is 18.0. The molecule has 0 bridgehead atoms. The van der Waals surface area contributed by atoms with Crippen molar-refractivity contribution in [1.82, 2.24) is 0 Å². The van der Waals surface area contributed by atoms with Crippen molar-refractivity contribution in [2.75, 3.05) is 15.5 Å². The normalized spacial score (nSPS) is 11.6. The lowest BCUT2D eigenvalue weighted by Crippen LogP contribution is -2.40. The minimum absolute atomic E-state index is 0.308. The van der Waals surface area contributed by atoms with E-state index in [1.165, 1.54) is 0 Å². The van der Waals surface area contributed by atoms with E-state index >= 15 is 0 Å². The van der Waals surface area contributed by atoms with Crippen LogP contribution in [0.25, 0.3) is 0 Å². The predicted molar refractivity (Wildman–Crippen MR) is 110 cm³/mol. The third-order valence-corrected chi connectivity index (χ3v) is 5.41. The van der Waals surface area contributed by atoms with Gasteiger partial charge in [0.15, 0.2) is 69.4 Å². The first-order chi connectivity index (χ1) is 17.7. The minimum atomic E-state index is -6.01. The van der Waals surface area contributed by atoms with Crippen LogP contribution in [0.5, 0.6) is 0 Å². The minimum Gasteiger partial charge on any atom is -0.222 e. The Kier molecular flexibility index (Phi) is 8.42. The van der Waals surface area contributed by atoms with Gasteiger partial charge in [0, 0.05) is 0 Å². The molecule has 6 N–H and O–H groups in total. The first-order valence-corrected chi connectivity index (χ1v) is 10.9. The van der Waals surface area contributed by atoms with Gasteiger partial charge in [0.05, 0.1) is 0 Å². The number of nitrogens with zero attached hydrogens (tertiary/aromatic N) is 3. The van der Waals surface area contributed by atoms with Crippen LogP contribution in [-0.4, -0.2) is 0 Å². The molecule has 3 aromatic carbocycles. The number of benzene rings is 3. The Morgan fingerprint density at radius 2 is 0.684 bits per heavy atom. The van der Waals surface area contributed by atoms with Crippen molar-refractivity contribution in [2.45, 2.75) is 0 Å². The lowest BCUT2D eigenvalue weighted by Gasteiger charge is -2.29. The van der Waals surface area contributed by atoms with E-state index in [0.29, 0.717) is 36.4 Å². The van der Waals surface area contributed by atoms with Crippen molar-refractivity contribution in [3.8, 4) is 0 Å². The molecule has 0 radical (unpaired) electrons. The number of hydrogen-bond donors (Lipinski definition) is 3. The molecule has 3 aromatic rings. The fourth-order valence-corrected chi connectivity index (χ4v) is 3.63. The lowest BCUT2D eigenvalue weighted by molar-refractivity contribution is 0.0825. The summed E-state index contributed by atoms with van der Waals surface area (Å²) in [6, 6.07) is 1.89. The average molecular weight is 578 g/mol. The topological polar surface area (TPSA) is 133 Å². The second-order valence-electron chi connectivity index (χ2n) is 6.74. The highest BCUT2D eigenvalue weighted by atomic mass is 31.2. The SMILES string of the molecule is NN(OP(=O)(ON(N)c1c(F)ccc(F)c1F)ON(N)c1c(F)ccc(F)c1F)c1c(F)ccc(F)c1F. The second kappa shape index (κ2) is 11.0. The van der Waals surface area contributed by atoms with Crippen LogP contribution in [0, 0.1) is 52.4 Å². The number of nitrogens with two attached hydrogens (primary N) is 3. The van der Waals surface area contributed by atoms with Gasteiger partial charge in [-0.3, -0.25) is 0 Å². The first-order valence-electron chi connectivity index (χ1n) is 9.41. The number of hydrogen-bond acceptors (Lipinski definition) is 10. The number of anilines is 3. The van der Waals surface area contributed by atoms with Crippen LogP contribution in [0.4, 0.5) is 56.6 Å². The molecular formula is C18H12F9N6O4P. The lowest BCUT2D eigenvalue weighted by atomic mass is 10.3. The van der Waals surface area contributed by atoms with Gasteiger partial charge in [0.25, 0.3) is 0 Å². The quantitative estimate of drug-likeness (QED) is 0.111. The van der Waals surface area contributed by atoms with Crippen molar-refractivity contribution in [2.24, 2.45) is 17.5 Å². The average Bonchev–Trinajstić information content (AvgIpc) is 2.81. The zero-order chi connectivity index (χ0) is 28.5. The highest BCUT2D eigenvalue weighted by Crippen LogP contribution is 2.53. The summed E-state index contributed by atoms with van der Waals surface area (Å²) >= 11 is 0. The predicted octanol–water partition coefficient (Wildman–Crippen LogP) is 4.28. The fraction of sp³-hybridized carbons (Fsp3) is 0. The Morgan fingerprint density at radius 1 is 0.474 bits per heavy atom. The van der Waals surface area contributed by atoms with Crippen molar-refractivity contribution in [3.63, 3.8) is 0 Å². The maximum Gasteiger partial charge on any atom is 0.543 e. The van der Waals surface area contributed by atoms with Crippen molar-refractivity contribution < 1.29 is 58.0 Å². The van der Waals surface area contributed by atoms with E-state index < -0.39 is 92.8 Å². The van der Waals surface area contributed by atoms with Crippen LogP contribution < -0.4 is 33.0 Å². The van der Waals surface area contributed by atoms with Crippen molar-refractivity contribution in [1.29, 1.82) is 0 Å². The molecule has 0 amide bonds. The van der Waals surface area contributed by atoms with E-state index in [1.807, 2.05) is 0 Å². The molecule has 0 heterocycles. The molecule has 0 aliphatic rings. The summed E-state index contributed by atoms with van der Waals surface area (Å²) in [4.78, 5) is 0. The molecular weight excluding hydrogens is 566 g/mol. The molecule has 3 rings (SSSR count). The van der Waals surface area contributed by atoms with Crippen LogP contribution in [-0.2, 0) is 18.4 Å². The van der Waals surface area contributed by atoms with Gasteiger partial charge in [0.2, 0.25) is 0 Å². The van der Waals surface area contributed by atoms with Gasteiger partial charge in [-0.15, -0.1) is 13.9 Å². The van der Waals surface area contributed by atoms with Gasteiger partial charge < -0.3 is 0 Å². The molecule has 0 saturated carbocycles. The van der Waals surface area contributed by atoms with Crippen molar-refractivity contribution >= 4 is 24.9 Å². The molecule has 38 heavy (non-hydrogen) atoms. The molecule has 206 valence electrons. The van der Waals surface area contributed by atoms with Gasteiger partial charge in [0.1, 0.15) is 0 Å². The van der Waals surface area contributed by atoms with E-state index in [-0.39, 0.29) is 0 Å².